The second-order valence-electron chi connectivity index (χ2n) is 3.67. The smallest absolute Gasteiger partial charge is 0.148 e. The molecule has 2 nitrogen and oxygen atoms in total. The maximum atomic E-state index is 14.2. The Morgan fingerprint density at radius 1 is 1.56 bits per heavy atom. The molecule has 6 heteroatoms. The summed E-state index contributed by atoms with van der Waals surface area (Å²) in [6.07, 6.45) is 0. The maximum Gasteiger partial charge on any atom is 0.148 e. The van der Waals surface area contributed by atoms with Crippen LogP contribution in [0.4, 0.5) is 4.39 Å². The van der Waals surface area contributed by atoms with E-state index in [-0.39, 0.29) is 11.1 Å². The summed E-state index contributed by atoms with van der Waals surface area (Å²) >= 11 is 10.6. The average Bonchev–Trinajstić information content (AvgIpc) is 2.88. The molecule has 1 aromatic carbocycles. The van der Waals surface area contributed by atoms with Gasteiger partial charge in [-0.1, -0.05) is 24.6 Å². The Morgan fingerprint density at radius 3 is 2.94 bits per heavy atom. The zero-order valence-corrected chi connectivity index (χ0v) is 12.7. The predicted molar refractivity (Wildman–Crippen MR) is 76.7 cm³/mol. The summed E-state index contributed by atoms with van der Waals surface area (Å²) in [7, 11) is 0. The largest absolute Gasteiger partial charge is 0.305 e. The number of nitrogens with zero attached hydrogens (tertiary/aromatic N) is 1. The van der Waals surface area contributed by atoms with Gasteiger partial charge in [0, 0.05) is 15.4 Å². The van der Waals surface area contributed by atoms with E-state index in [0.717, 1.165) is 12.2 Å². The fourth-order valence-electron chi connectivity index (χ4n) is 1.71. The van der Waals surface area contributed by atoms with Crippen LogP contribution in [0.3, 0.4) is 0 Å². The lowest BCUT2D eigenvalue weighted by Crippen LogP contribution is -2.23. The minimum atomic E-state index is -0.412. The lowest BCUT2D eigenvalue weighted by atomic mass is 10.0. The van der Waals surface area contributed by atoms with Gasteiger partial charge in [-0.2, -0.15) is 0 Å². The SMILES string of the molecule is CCNC(c1cscn1)c1ccc(Br)c(Cl)c1F. The molecule has 0 saturated carbocycles. The second kappa shape index (κ2) is 6.10. The summed E-state index contributed by atoms with van der Waals surface area (Å²) in [6, 6.07) is 3.20. The molecule has 0 saturated heterocycles. The fourth-order valence-corrected chi connectivity index (χ4v) is 2.76. The zero-order valence-electron chi connectivity index (χ0n) is 9.58. The van der Waals surface area contributed by atoms with E-state index in [0.29, 0.717) is 10.0 Å². The Kier molecular flexibility index (Phi) is 4.72. The van der Waals surface area contributed by atoms with Crippen LogP contribution in [0.5, 0.6) is 0 Å². The number of benzene rings is 1. The molecular weight excluding hydrogens is 339 g/mol. The minimum Gasteiger partial charge on any atom is -0.305 e. The fraction of sp³-hybridized carbons (Fsp3) is 0.250. The van der Waals surface area contributed by atoms with Crippen LogP contribution in [0.15, 0.2) is 27.5 Å². The Bertz CT molecular complexity index is 533. The average molecular weight is 350 g/mol. The van der Waals surface area contributed by atoms with Gasteiger partial charge in [0.05, 0.1) is 22.3 Å². The first-order valence-corrected chi connectivity index (χ1v) is 7.51. The van der Waals surface area contributed by atoms with E-state index in [9.17, 15) is 4.39 Å². The molecule has 1 N–H and O–H groups in total. The van der Waals surface area contributed by atoms with Crippen LogP contribution in [-0.4, -0.2) is 11.5 Å². The first-order valence-electron chi connectivity index (χ1n) is 5.40. The zero-order chi connectivity index (χ0) is 13.1. The third-order valence-corrected chi connectivity index (χ3v) is 4.39. The molecule has 2 rings (SSSR count). The summed E-state index contributed by atoms with van der Waals surface area (Å²) in [5, 5.41) is 5.23. The number of halogens is 3. The van der Waals surface area contributed by atoms with Crippen molar-refractivity contribution in [1.82, 2.24) is 10.3 Å². The molecule has 18 heavy (non-hydrogen) atoms. The molecule has 96 valence electrons. The lowest BCUT2D eigenvalue weighted by Gasteiger charge is -2.18. The maximum absolute atomic E-state index is 14.2. The van der Waals surface area contributed by atoms with Gasteiger partial charge in [0.15, 0.2) is 0 Å². The molecule has 0 amide bonds. The van der Waals surface area contributed by atoms with E-state index in [1.807, 2.05) is 12.3 Å². The van der Waals surface area contributed by atoms with Gasteiger partial charge in [0.2, 0.25) is 0 Å². The van der Waals surface area contributed by atoms with Gasteiger partial charge in [0.25, 0.3) is 0 Å². The van der Waals surface area contributed by atoms with E-state index in [1.165, 1.54) is 11.3 Å². The number of rotatable bonds is 4. The van der Waals surface area contributed by atoms with Gasteiger partial charge in [-0.25, -0.2) is 9.37 Å². The van der Waals surface area contributed by atoms with E-state index >= 15 is 0 Å². The minimum absolute atomic E-state index is 0.102. The van der Waals surface area contributed by atoms with Gasteiger partial charge in [-0.05, 0) is 28.5 Å². The van der Waals surface area contributed by atoms with Crippen molar-refractivity contribution in [2.24, 2.45) is 0 Å². The highest BCUT2D eigenvalue weighted by molar-refractivity contribution is 9.10. The molecule has 0 bridgehead atoms. The molecule has 1 heterocycles. The standard InChI is InChI=1S/C12H11BrClFN2S/c1-2-16-12(9-5-18-6-17-9)7-3-4-8(13)10(14)11(7)15/h3-6,12,16H,2H2,1H3. The van der Waals surface area contributed by atoms with Gasteiger partial charge in [0.1, 0.15) is 5.82 Å². The van der Waals surface area contributed by atoms with Crippen molar-refractivity contribution in [2.45, 2.75) is 13.0 Å². The summed E-state index contributed by atoms with van der Waals surface area (Å²) in [4.78, 5) is 4.24. The van der Waals surface area contributed by atoms with Crippen molar-refractivity contribution in [1.29, 1.82) is 0 Å². The Hall–Kier alpha value is -0.490. The first-order chi connectivity index (χ1) is 8.65. The van der Waals surface area contributed by atoms with Gasteiger partial charge in [-0.15, -0.1) is 11.3 Å². The Morgan fingerprint density at radius 2 is 2.33 bits per heavy atom. The van der Waals surface area contributed by atoms with Crippen molar-refractivity contribution in [3.8, 4) is 0 Å². The number of nitrogens with one attached hydrogen (secondary N) is 1. The third kappa shape index (κ3) is 2.74. The number of thiazole rings is 1. The highest BCUT2D eigenvalue weighted by Crippen LogP contribution is 2.32. The van der Waals surface area contributed by atoms with Crippen molar-refractivity contribution < 1.29 is 4.39 Å². The monoisotopic (exact) mass is 348 g/mol. The van der Waals surface area contributed by atoms with Crippen LogP contribution >= 0.6 is 38.9 Å². The summed E-state index contributed by atoms with van der Waals surface area (Å²) in [5.41, 5.74) is 3.05. The number of hydrogen-bond acceptors (Lipinski definition) is 3. The van der Waals surface area contributed by atoms with Crippen LogP contribution in [0, 0.1) is 5.82 Å². The molecule has 0 aliphatic carbocycles. The first kappa shape index (κ1) is 13.9. The lowest BCUT2D eigenvalue weighted by molar-refractivity contribution is 0.553. The Labute approximate surface area is 122 Å². The van der Waals surface area contributed by atoms with Crippen LogP contribution in [0.25, 0.3) is 0 Å². The van der Waals surface area contributed by atoms with Crippen LogP contribution in [0.2, 0.25) is 5.02 Å². The molecule has 1 unspecified atom stereocenters. The molecule has 0 radical (unpaired) electrons. The van der Waals surface area contributed by atoms with Gasteiger partial charge >= 0.3 is 0 Å². The van der Waals surface area contributed by atoms with E-state index in [4.69, 9.17) is 11.6 Å². The summed E-state index contributed by atoms with van der Waals surface area (Å²) in [6.45, 7) is 2.69. The number of aromatic nitrogens is 1. The Balaban J connectivity index is 2.47. The second-order valence-corrected chi connectivity index (χ2v) is 5.62. The van der Waals surface area contributed by atoms with E-state index in [2.05, 4.69) is 26.2 Å². The summed E-state index contributed by atoms with van der Waals surface area (Å²) in [5.74, 6) is -0.412. The van der Waals surface area contributed by atoms with Crippen molar-refractivity contribution in [3.05, 3.63) is 49.6 Å². The van der Waals surface area contributed by atoms with Crippen molar-refractivity contribution in [2.75, 3.05) is 6.54 Å². The quantitative estimate of drug-likeness (QED) is 0.828. The van der Waals surface area contributed by atoms with Gasteiger partial charge < -0.3 is 5.32 Å². The third-order valence-electron chi connectivity index (χ3n) is 2.53. The molecule has 0 spiro atoms. The molecule has 0 aliphatic heterocycles. The molecule has 1 aromatic heterocycles. The van der Waals surface area contributed by atoms with Crippen molar-refractivity contribution in [3.63, 3.8) is 0 Å². The van der Waals surface area contributed by atoms with E-state index < -0.39 is 5.82 Å². The topological polar surface area (TPSA) is 24.9 Å². The highest BCUT2D eigenvalue weighted by atomic mass is 79.9. The molecular formula is C12H11BrClFN2S. The number of hydrogen-bond donors (Lipinski definition) is 1. The highest BCUT2D eigenvalue weighted by Gasteiger charge is 2.21. The molecule has 0 fully saturated rings. The van der Waals surface area contributed by atoms with E-state index in [1.54, 1.807) is 17.6 Å². The molecule has 0 aliphatic rings. The van der Waals surface area contributed by atoms with Crippen LogP contribution in [0.1, 0.15) is 24.2 Å². The summed E-state index contributed by atoms with van der Waals surface area (Å²) < 4.78 is 14.8. The predicted octanol–water partition coefficient (Wildman–Crippen LogP) is 4.40. The van der Waals surface area contributed by atoms with Crippen LogP contribution < -0.4 is 5.32 Å². The van der Waals surface area contributed by atoms with Crippen molar-refractivity contribution >= 4 is 38.9 Å². The normalized spacial score (nSPS) is 12.7. The van der Waals surface area contributed by atoms with Crippen LogP contribution in [-0.2, 0) is 0 Å². The molecule has 1 atom stereocenters. The van der Waals surface area contributed by atoms with Gasteiger partial charge in [-0.3, -0.25) is 0 Å². The molecule has 2 aromatic rings.